The highest BCUT2D eigenvalue weighted by Gasteiger charge is 2.46. The van der Waals surface area contributed by atoms with E-state index >= 15 is 0 Å². The summed E-state index contributed by atoms with van der Waals surface area (Å²) in [5.41, 5.74) is 0.996. The second-order valence-electron chi connectivity index (χ2n) is 5.15. The van der Waals surface area contributed by atoms with E-state index in [0.717, 1.165) is 12.0 Å². The topological polar surface area (TPSA) is 49.8 Å². The second-order valence-corrected chi connectivity index (χ2v) is 5.15. The van der Waals surface area contributed by atoms with Crippen molar-refractivity contribution in [2.45, 2.75) is 31.6 Å². The first kappa shape index (κ1) is 11.5. The molecule has 1 N–H and O–H groups in total. The normalized spacial score (nSPS) is 29.6. The first-order chi connectivity index (χ1) is 8.74. The molecule has 1 unspecified atom stereocenters. The van der Waals surface area contributed by atoms with Crippen molar-refractivity contribution in [1.82, 2.24) is 4.90 Å². The number of amides is 1. The Kier molecular flexibility index (Phi) is 2.96. The number of ether oxygens (including phenoxy) is 1. The number of likely N-dealkylation sites (tertiary alicyclic amines) is 1. The van der Waals surface area contributed by atoms with Crippen LogP contribution in [0.15, 0.2) is 30.3 Å². The van der Waals surface area contributed by atoms with E-state index in [1.54, 1.807) is 4.90 Å². The van der Waals surface area contributed by atoms with Gasteiger partial charge in [0.15, 0.2) is 0 Å². The molecule has 3 rings (SSSR count). The third-order valence-electron chi connectivity index (χ3n) is 3.94. The lowest BCUT2D eigenvalue weighted by Crippen LogP contribution is -2.41. The van der Waals surface area contributed by atoms with Crippen LogP contribution in [0.1, 0.15) is 18.4 Å². The number of piperidine rings is 1. The van der Waals surface area contributed by atoms with Gasteiger partial charge in [0, 0.05) is 18.5 Å². The lowest BCUT2D eigenvalue weighted by Gasteiger charge is -2.28. The molecule has 4 nitrogen and oxygen atoms in total. The summed E-state index contributed by atoms with van der Waals surface area (Å²) in [6.07, 6.45) is 1.14. The van der Waals surface area contributed by atoms with Crippen LogP contribution in [0.25, 0.3) is 0 Å². The van der Waals surface area contributed by atoms with Crippen LogP contribution >= 0.6 is 0 Å². The fraction of sp³-hybridized carbons (Fsp3) is 0.500. The van der Waals surface area contributed by atoms with Crippen LogP contribution in [0.5, 0.6) is 0 Å². The molecule has 2 bridgehead atoms. The molecule has 2 fully saturated rings. The first-order valence-electron chi connectivity index (χ1n) is 6.39. The van der Waals surface area contributed by atoms with Crippen molar-refractivity contribution in [3.05, 3.63) is 35.9 Å². The number of aliphatic hydroxyl groups excluding tert-OH is 1. The summed E-state index contributed by atoms with van der Waals surface area (Å²) in [5, 5.41) is 9.65. The molecule has 1 amide bonds. The van der Waals surface area contributed by atoms with Crippen LogP contribution in [-0.2, 0) is 11.3 Å². The molecule has 0 spiro atoms. The van der Waals surface area contributed by atoms with E-state index in [9.17, 15) is 9.90 Å². The maximum absolute atomic E-state index is 11.9. The molecule has 1 saturated carbocycles. The molecule has 3 atom stereocenters. The second kappa shape index (κ2) is 4.61. The Morgan fingerprint density at radius 2 is 2.11 bits per heavy atom. The summed E-state index contributed by atoms with van der Waals surface area (Å²) in [4.78, 5) is 13.7. The van der Waals surface area contributed by atoms with Crippen molar-refractivity contribution in [2.24, 2.45) is 5.92 Å². The smallest absolute Gasteiger partial charge is 0.410 e. The molecule has 18 heavy (non-hydrogen) atoms. The molecule has 0 aromatic heterocycles. The average molecular weight is 247 g/mol. The van der Waals surface area contributed by atoms with E-state index in [0.29, 0.717) is 19.6 Å². The van der Waals surface area contributed by atoms with Gasteiger partial charge < -0.3 is 14.7 Å². The molecule has 2 aliphatic rings. The molecule has 1 saturated heterocycles. The quantitative estimate of drug-likeness (QED) is 0.866. The van der Waals surface area contributed by atoms with Gasteiger partial charge in [-0.1, -0.05) is 30.3 Å². The highest BCUT2D eigenvalue weighted by atomic mass is 16.6. The van der Waals surface area contributed by atoms with E-state index in [1.165, 1.54) is 0 Å². The molecule has 1 aromatic rings. The number of hydrogen-bond acceptors (Lipinski definition) is 3. The van der Waals surface area contributed by atoms with Crippen LogP contribution in [0, 0.1) is 5.92 Å². The predicted octanol–water partition coefficient (Wildman–Crippen LogP) is 1.78. The highest BCUT2D eigenvalue weighted by Crippen LogP contribution is 2.37. The van der Waals surface area contributed by atoms with Gasteiger partial charge in [0.05, 0.1) is 6.10 Å². The fourth-order valence-corrected chi connectivity index (χ4v) is 2.95. The molecule has 0 radical (unpaired) electrons. The minimum Gasteiger partial charge on any atom is -0.445 e. The zero-order chi connectivity index (χ0) is 12.5. The molecular weight excluding hydrogens is 230 g/mol. The zero-order valence-corrected chi connectivity index (χ0v) is 10.2. The molecule has 1 heterocycles. The standard InChI is InChI=1S/C14H17NO3/c16-13-7-12-6-11(13)8-15(12)14(17)18-9-10-4-2-1-3-5-10/h1-5,11-13,16H,6-9H2/t11-,12?,13-/m1/s1. The van der Waals surface area contributed by atoms with E-state index in [-0.39, 0.29) is 24.2 Å². The van der Waals surface area contributed by atoms with Crippen LogP contribution < -0.4 is 0 Å². The van der Waals surface area contributed by atoms with Gasteiger partial charge in [-0.05, 0) is 18.4 Å². The van der Waals surface area contributed by atoms with Gasteiger partial charge in [-0.2, -0.15) is 0 Å². The van der Waals surface area contributed by atoms with Crippen molar-refractivity contribution in [2.75, 3.05) is 6.54 Å². The molecule has 1 aromatic carbocycles. The lowest BCUT2D eigenvalue weighted by molar-refractivity contribution is 0.0517. The monoisotopic (exact) mass is 247 g/mol. The minimum absolute atomic E-state index is 0.174. The number of rotatable bonds is 2. The Morgan fingerprint density at radius 3 is 2.72 bits per heavy atom. The van der Waals surface area contributed by atoms with Gasteiger partial charge in [-0.3, -0.25) is 0 Å². The van der Waals surface area contributed by atoms with Crippen molar-refractivity contribution in [1.29, 1.82) is 0 Å². The van der Waals surface area contributed by atoms with Gasteiger partial charge in [-0.25, -0.2) is 4.79 Å². The van der Waals surface area contributed by atoms with Gasteiger partial charge in [0.1, 0.15) is 6.61 Å². The fourth-order valence-electron chi connectivity index (χ4n) is 2.95. The van der Waals surface area contributed by atoms with E-state index in [1.807, 2.05) is 30.3 Å². The van der Waals surface area contributed by atoms with E-state index < -0.39 is 0 Å². The predicted molar refractivity (Wildman–Crippen MR) is 65.9 cm³/mol. The summed E-state index contributed by atoms with van der Waals surface area (Å²) >= 11 is 0. The molecular formula is C14H17NO3. The summed E-state index contributed by atoms with van der Waals surface area (Å²) in [5.74, 6) is 0.249. The summed E-state index contributed by atoms with van der Waals surface area (Å²) in [6.45, 7) is 0.954. The molecule has 1 aliphatic carbocycles. The Morgan fingerprint density at radius 1 is 1.33 bits per heavy atom. The molecule has 4 heteroatoms. The van der Waals surface area contributed by atoms with Crippen LogP contribution in [0.2, 0.25) is 0 Å². The number of carbonyl (C=O) groups excluding carboxylic acids is 1. The van der Waals surface area contributed by atoms with Crippen molar-refractivity contribution in [3.8, 4) is 0 Å². The van der Waals surface area contributed by atoms with Crippen LogP contribution in [0.3, 0.4) is 0 Å². The number of nitrogens with zero attached hydrogens (tertiary/aromatic N) is 1. The third-order valence-corrected chi connectivity index (χ3v) is 3.94. The Balaban J connectivity index is 1.54. The first-order valence-corrected chi connectivity index (χ1v) is 6.39. The molecule has 1 aliphatic heterocycles. The molecule has 96 valence electrons. The van der Waals surface area contributed by atoms with Crippen LogP contribution in [0.4, 0.5) is 4.79 Å². The van der Waals surface area contributed by atoms with Gasteiger partial charge >= 0.3 is 6.09 Å². The van der Waals surface area contributed by atoms with E-state index in [4.69, 9.17) is 4.74 Å². The van der Waals surface area contributed by atoms with Crippen molar-refractivity contribution < 1.29 is 14.6 Å². The Labute approximate surface area is 106 Å². The van der Waals surface area contributed by atoms with Crippen molar-refractivity contribution in [3.63, 3.8) is 0 Å². The Bertz CT molecular complexity index is 432. The Hall–Kier alpha value is -1.55. The van der Waals surface area contributed by atoms with Crippen molar-refractivity contribution >= 4 is 6.09 Å². The summed E-state index contributed by atoms with van der Waals surface area (Å²) in [7, 11) is 0. The number of fused-ring (bicyclic) bond motifs is 2. The minimum atomic E-state index is -0.252. The lowest BCUT2D eigenvalue weighted by atomic mass is 10.1. The number of hydrogen-bond donors (Lipinski definition) is 1. The average Bonchev–Trinajstić information content (AvgIpc) is 2.96. The summed E-state index contributed by atoms with van der Waals surface area (Å²) < 4.78 is 5.31. The van der Waals surface area contributed by atoms with Crippen LogP contribution in [-0.4, -0.2) is 34.8 Å². The summed E-state index contributed by atoms with van der Waals surface area (Å²) in [6, 6.07) is 9.84. The highest BCUT2D eigenvalue weighted by molar-refractivity contribution is 5.68. The van der Waals surface area contributed by atoms with E-state index in [2.05, 4.69) is 0 Å². The third kappa shape index (κ3) is 2.08. The number of benzene rings is 1. The largest absolute Gasteiger partial charge is 0.445 e. The zero-order valence-electron chi connectivity index (χ0n) is 10.2. The maximum Gasteiger partial charge on any atom is 0.410 e. The van der Waals surface area contributed by atoms with Gasteiger partial charge in [0.2, 0.25) is 0 Å². The van der Waals surface area contributed by atoms with Gasteiger partial charge in [-0.15, -0.1) is 0 Å². The SMILES string of the molecule is O=C(OCc1ccccc1)N1C[C@H]2CC1C[C@H]2O. The number of carbonyl (C=O) groups is 1. The number of aliphatic hydroxyl groups is 1. The van der Waals surface area contributed by atoms with Gasteiger partial charge in [0.25, 0.3) is 0 Å². The maximum atomic E-state index is 11.9.